The second-order valence-corrected chi connectivity index (χ2v) is 15.9. The molecule has 4 amide bonds. The molecule has 4 atom stereocenters. The average molecular weight is 714 g/mol. The maximum atomic E-state index is 14.6. The monoisotopic (exact) mass is 713 g/mol. The average Bonchev–Trinajstić information content (AvgIpc) is 3.68. The van der Waals surface area contributed by atoms with Crippen molar-refractivity contribution in [3.05, 3.63) is 28.8 Å². The Bertz CT molecular complexity index is 1500. The number of oxime groups is 1. The molecule has 1 aromatic rings. The number of carbonyl (C=O) groups is 5. The molecule has 0 bridgehead atoms. The van der Waals surface area contributed by atoms with Crippen molar-refractivity contribution in [2.45, 2.75) is 122 Å². The predicted octanol–water partition coefficient (Wildman–Crippen LogP) is 4.30. The number of hydrogen-bond acceptors (Lipinski definition) is 8. The number of ketones is 1. The van der Waals surface area contributed by atoms with Crippen molar-refractivity contribution in [1.29, 1.82) is 0 Å². The molecule has 274 valence electrons. The van der Waals surface area contributed by atoms with Crippen LogP contribution in [0.15, 0.2) is 23.4 Å². The Morgan fingerprint density at radius 2 is 1.78 bits per heavy atom. The first kappa shape index (κ1) is 37.6. The number of hydrogen-bond donors (Lipinski definition) is 3. The van der Waals surface area contributed by atoms with E-state index in [1.54, 1.807) is 18.2 Å². The van der Waals surface area contributed by atoms with Crippen molar-refractivity contribution in [2.75, 3.05) is 20.2 Å². The Morgan fingerprint density at radius 1 is 1.06 bits per heavy atom. The smallest absolute Gasteiger partial charge is 0.289 e. The van der Waals surface area contributed by atoms with Gasteiger partial charge in [0.1, 0.15) is 17.8 Å². The summed E-state index contributed by atoms with van der Waals surface area (Å²) in [6.07, 6.45) is 8.22. The third kappa shape index (κ3) is 8.97. The third-order valence-electron chi connectivity index (χ3n) is 10.3. The number of nitrogens with one attached hydrogen (secondary N) is 3. The number of rotatable bonds is 13. The molecular formula is C37H52ClN5O7. The summed E-state index contributed by atoms with van der Waals surface area (Å²) in [5.41, 5.74) is -0.529. The van der Waals surface area contributed by atoms with Crippen LogP contribution in [0.2, 0.25) is 5.02 Å². The minimum Gasteiger partial charge on any atom is -0.493 e. The van der Waals surface area contributed by atoms with Crippen LogP contribution < -0.4 is 20.7 Å². The van der Waals surface area contributed by atoms with Gasteiger partial charge in [-0.25, -0.2) is 0 Å². The molecule has 0 aromatic heterocycles. The first-order valence-electron chi connectivity index (χ1n) is 18.1. The van der Waals surface area contributed by atoms with Gasteiger partial charge < -0.3 is 30.4 Å². The summed E-state index contributed by atoms with van der Waals surface area (Å²) in [5, 5.41) is 13.1. The quantitative estimate of drug-likeness (QED) is 0.258. The second kappa shape index (κ2) is 15.7. The summed E-state index contributed by atoms with van der Waals surface area (Å²) in [6, 6.07) is 2.23. The molecule has 3 fully saturated rings. The number of likely N-dealkylation sites (tertiary alicyclic amines) is 1. The van der Waals surface area contributed by atoms with Crippen molar-refractivity contribution in [3.8, 4) is 5.75 Å². The minimum atomic E-state index is -1.07. The topological polar surface area (TPSA) is 156 Å². The standard InChI is InChI=1S/C37H52ClN5O7/c1-6-49-29-15-14-24(38)18-25(29)27-19-37(50-42-27)20-28(33(46)40-26(16-23-12-13-23)31(45)34(47)39-5)43(21-37)35(48)32(36(2,3)4)41-30(44)17-22-10-8-7-9-11-22/h14-15,18,22-23,26,28,32H,6-13,16-17,19-21H2,1-5H3,(H,39,47)(H,40,46)(H,41,44)/t26-,28-,32+,37+/m0/s1. The van der Waals surface area contributed by atoms with E-state index >= 15 is 0 Å². The molecule has 5 rings (SSSR count). The lowest BCUT2D eigenvalue weighted by atomic mass is 9.84. The molecule has 12 nitrogen and oxygen atoms in total. The van der Waals surface area contributed by atoms with Gasteiger partial charge >= 0.3 is 0 Å². The molecule has 3 N–H and O–H groups in total. The van der Waals surface area contributed by atoms with E-state index in [0.29, 0.717) is 41.5 Å². The highest BCUT2D eigenvalue weighted by molar-refractivity contribution is 6.38. The molecule has 0 radical (unpaired) electrons. The summed E-state index contributed by atoms with van der Waals surface area (Å²) < 4.78 is 5.84. The molecule has 4 aliphatic rings. The Balaban J connectivity index is 1.42. The van der Waals surface area contributed by atoms with E-state index in [2.05, 4.69) is 21.1 Å². The molecule has 0 unspecified atom stereocenters. The van der Waals surface area contributed by atoms with Gasteiger partial charge in [0.2, 0.25) is 23.5 Å². The van der Waals surface area contributed by atoms with Crippen molar-refractivity contribution >= 4 is 46.7 Å². The summed E-state index contributed by atoms with van der Waals surface area (Å²) in [6.45, 7) is 7.97. The van der Waals surface area contributed by atoms with Gasteiger partial charge in [-0.05, 0) is 61.6 Å². The van der Waals surface area contributed by atoms with Crippen LogP contribution in [0.4, 0.5) is 0 Å². The van der Waals surface area contributed by atoms with Crippen LogP contribution in [0.3, 0.4) is 0 Å². The lowest BCUT2D eigenvalue weighted by Crippen LogP contribution is -2.59. The number of Topliss-reactive ketones (excluding diaryl/α,β-unsaturated/α-hetero) is 1. The molecule has 2 aliphatic heterocycles. The van der Waals surface area contributed by atoms with Gasteiger partial charge in [-0.1, -0.05) is 69.6 Å². The zero-order valence-corrected chi connectivity index (χ0v) is 30.7. The zero-order valence-electron chi connectivity index (χ0n) is 29.9. The molecular weight excluding hydrogens is 662 g/mol. The van der Waals surface area contributed by atoms with Gasteiger partial charge in [0, 0.05) is 36.9 Å². The predicted molar refractivity (Wildman–Crippen MR) is 189 cm³/mol. The van der Waals surface area contributed by atoms with E-state index in [-0.39, 0.29) is 37.1 Å². The fourth-order valence-corrected chi connectivity index (χ4v) is 7.61. The zero-order chi connectivity index (χ0) is 36.2. The van der Waals surface area contributed by atoms with Gasteiger partial charge in [0.05, 0.1) is 24.9 Å². The minimum absolute atomic E-state index is 0.0171. The number of nitrogens with zero attached hydrogens (tertiary/aromatic N) is 2. The van der Waals surface area contributed by atoms with Gasteiger partial charge in [-0.2, -0.15) is 0 Å². The largest absolute Gasteiger partial charge is 0.493 e. The van der Waals surface area contributed by atoms with Crippen LogP contribution >= 0.6 is 11.6 Å². The van der Waals surface area contributed by atoms with E-state index in [0.717, 1.165) is 38.5 Å². The summed E-state index contributed by atoms with van der Waals surface area (Å²) >= 11 is 6.36. The van der Waals surface area contributed by atoms with Crippen LogP contribution in [-0.2, 0) is 28.8 Å². The van der Waals surface area contributed by atoms with Gasteiger partial charge in [-0.3, -0.25) is 24.0 Å². The SMILES string of the molecule is CCOc1ccc(Cl)cc1C1=NO[C@]2(C1)C[C@@H](C(=O)N[C@@H](CC1CC1)C(=O)C(=O)NC)N(C(=O)[C@@H](NC(=O)CC1CCCCC1)C(C)(C)C)C2. The van der Waals surface area contributed by atoms with E-state index in [1.165, 1.54) is 18.4 Å². The fourth-order valence-electron chi connectivity index (χ4n) is 7.44. The van der Waals surface area contributed by atoms with Crippen molar-refractivity contribution < 1.29 is 33.5 Å². The van der Waals surface area contributed by atoms with Crippen LogP contribution in [0.25, 0.3) is 0 Å². The number of halogens is 1. The van der Waals surface area contributed by atoms with Crippen LogP contribution in [0, 0.1) is 17.3 Å². The van der Waals surface area contributed by atoms with Crippen molar-refractivity contribution in [1.82, 2.24) is 20.9 Å². The van der Waals surface area contributed by atoms with Crippen LogP contribution in [-0.4, -0.2) is 83.9 Å². The first-order valence-corrected chi connectivity index (χ1v) is 18.4. The highest BCUT2D eigenvalue weighted by Crippen LogP contribution is 2.42. The highest BCUT2D eigenvalue weighted by Gasteiger charge is 2.56. The first-order chi connectivity index (χ1) is 23.7. The van der Waals surface area contributed by atoms with E-state index in [1.807, 2.05) is 27.7 Å². The summed E-state index contributed by atoms with van der Waals surface area (Å²) in [4.78, 5) is 75.3. The van der Waals surface area contributed by atoms with Crippen LogP contribution in [0.1, 0.15) is 104 Å². The lowest BCUT2D eigenvalue weighted by Gasteiger charge is -2.36. The summed E-state index contributed by atoms with van der Waals surface area (Å²) in [5.74, 6) is -1.58. The Labute approximate surface area is 299 Å². The van der Waals surface area contributed by atoms with Gasteiger partial charge in [-0.15, -0.1) is 0 Å². The number of benzene rings is 1. The number of likely N-dealkylation sites (N-methyl/N-ethyl adjacent to an activating group) is 1. The van der Waals surface area contributed by atoms with Gasteiger partial charge in [0.25, 0.3) is 5.91 Å². The number of ether oxygens (including phenoxy) is 1. The van der Waals surface area contributed by atoms with Crippen molar-refractivity contribution in [3.63, 3.8) is 0 Å². The Hall–Kier alpha value is -3.67. The maximum Gasteiger partial charge on any atom is 0.289 e. The number of carbonyl (C=O) groups excluding carboxylic acids is 5. The molecule has 2 heterocycles. The molecule has 2 aliphatic carbocycles. The van der Waals surface area contributed by atoms with E-state index < -0.39 is 52.6 Å². The maximum absolute atomic E-state index is 14.6. The van der Waals surface area contributed by atoms with E-state index in [4.69, 9.17) is 21.2 Å². The second-order valence-electron chi connectivity index (χ2n) is 15.5. The highest BCUT2D eigenvalue weighted by atomic mass is 35.5. The third-order valence-corrected chi connectivity index (χ3v) is 10.6. The lowest BCUT2D eigenvalue weighted by molar-refractivity contribution is -0.145. The fraction of sp³-hybridized carbons (Fsp3) is 0.676. The molecule has 1 spiro atoms. The Kier molecular flexibility index (Phi) is 11.8. The van der Waals surface area contributed by atoms with Crippen LogP contribution in [0.5, 0.6) is 5.75 Å². The normalized spacial score (nSPS) is 23.4. The molecule has 1 aromatic carbocycles. The number of amides is 4. The van der Waals surface area contributed by atoms with Crippen molar-refractivity contribution in [2.24, 2.45) is 22.4 Å². The van der Waals surface area contributed by atoms with Gasteiger partial charge in [0.15, 0.2) is 5.60 Å². The molecule has 1 saturated heterocycles. The molecule has 50 heavy (non-hydrogen) atoms. The molecule has 2 saturated carbocycles. The van der Waals surface area contributed by atoms with E-state index in [9.17, 15) is 24.0 Å². The Morgan fingerprint density at radius 3 is 2.42 bits per heavy atom. The molecule has 13 heteroatoms. The summed E-state index contributed by atoms with van der Waals surface area (Å²) in [7, 11) is 1.37.